The molecule has 4 heterocycles. The summed E-state index contributed by atoms with van der Waals surface area (Å²) in [7, 11) is -16.4. The number of aliphatic hydroxyl groups is 2. The van der Waals surface area contributed by atoms with Crippen LogP contribution in [-0.2, 0) is 57.1 Å². The Morgan fingerprint density at radius 1 is 1.01 bits per heavy atom. The number of benzene rings is 1. The van der Waals surface area contributed by atoms with Crippen LogP contribution in [0.4, 0.5) is 5.82 Å². The van der Waals surface area contributed by atoms with E-state index in [0.29, 0.717) is 18.7 Å². The number of nitrogen functional groups attached to an aromatic ring is 1. The van der Waals surface area contributed by atoms with Gasteiger partial charge in [-0.15, -0.1) is 0 Å². The molecule has 1 aliphatic carbocycles. The number of thioether (sulfide) groups is 1. The molecule has 2 aliphatic rings. The van der Waals surface area contributed by atoms with Gasteiger partial charge in [0.2, 0.25) is 11.8 Å². The number of nitrogens with zero attached hydrogens (tertiary/aromatic N) is 4. The maximum Gasteiger partial charge on any atom is 0.481 e. The number of rotatable bonds is 25. The first-order chi connectivity index (χ1) is 32.0. The Balaban J connectivity index is 0.886. The summed E-state index contributed by atoms with van der Waals surface area (Å²) in [5.74, 6) is -0.505. The van der Waals surface area contributed by atoms with Crippen molar-refractivity contribution in [3.63, 3.8) is 0 Å². The van der Waals surface area contributed by atoms with Crippen molar-refractivity contribution in [3.8, 4) is 0 Å². The summed E-state index contributed by atoms with van der Waals surface area (Å²) in [6, 6.07) is 8.09. The third kappa shape index (κ3) is 14.5. The number of anilines is 1. The lowest BCUT2D eigenvalue weighted by Crippen LogP contribution is -2.46. The molecule has 376 valence electrons. The first-order valence-electron chi connectivity index (χ1n) is 21.6. The molecule has 25 nitrogen and oxygen atoms in total. The number of carbonyl (C=O) groups is 3. The number of nitrogens with one attached hydrogen (secondary N) is 3. The molecule has 1 saturated heterocycles. The molecule has 4 aromatic rings. The van der Waals surface area contributed by atoms with Crippen molar-refractivity contribution in [1.29, 1.82) is 0 Å². The van der Waals surface area contributed by atoms with Gasteiger partial charge in [0.15, 0.2) is 17.7 Å². The van der Waals surface area contributed by atoms with Crippen LogP contribution in [0.5, 0.6) is 0 Å². The zero-order chi connectivity index (χ0) is 49.4. The summed E-state index contributed by atoms with van der Waals surface area (Å²) in [5, 5.41) is 28.2. The Hall–Kier alpha value is -3.68. The van der Waals surface area contributed by atoms with Crippen LogP contribution in [0.25, 0.3) is 22.1 Å². The highest BCUT2D eigenvalue weighted by molar-refractivity contribution is 7.99. The summed E-state index contributed by atoms with van der Waals surface area (Å²) >= 11 is 1.67. The van der Waals surface area contributed by atoms with E-state index in [1.165, 1.54) is 24.8 Å². The molecule has 1 aliphatic heterocycles. The molecule has 0 spiro atoms. The van der Waals surface area contributed by atoms with E-state index >= 15 is 0 Å². The molecule has 29 heteroatoms. The number of amides is 2. The number of hydrogen-bond acceptors (Lipinski definition) is 18. The summed E-state index contributed by atoms with van der Waals surface area (Å²) in [6.45, 7) is 0.719. The molecular weight excluding hydrogens is 977 g/mol. The Labute approximate surface area is 394 Å². The first-order valence-corrected chi connectivity index (χ1v) is 27.2. The number of phosphoric ester groups is 3. The van der Waals surface area contributed by atoms with Crippen molar-refractivity contribution in [2.45, 2.75) is 101 Å². The molecule has 2 amide bonds. The first kappa shape index (κ1) is 53.7. The molecule has 1 aromatic carbocycles. The zero-order valence-electron chi connectivity index (χ0n) is 37.1. The number of nitrogens with two attached hydrogens (primary N) is 1. The number of fused-ring (bicyclic) bond motifs is 2. The average Bonchev–Trinajstić information content (AvgIpc) is 3.98. The molecule has 11 N–H and O–H groups in total. The number of imidazole rings is 1. The van der Waals surface area contributed by atoms with E-state index in [4.69, 9.17) is 19.5 Å². The minimum Gasteiger partial charge on any atom is -0.386 e. The van der Waals surface area contributed by atoms with Crippen molar-refractivity contribution in [1.82, 2.24) is 35.1 Å². The second-order valence-electron chi connectivity index (χ2n) is 17.0. The number of para-hydroxylation sites is 1. The van der Waals surface area contributed by atoms with Crippen molar-refractivity contribution in [2.75, 3.05) is 37.8 Å². The molecule has 1 saturated carbocycles. The summed E-state index contributed by atoms with van der Waals surface area (Å²) in [6.07, 6.45) is 1.09. The van der Waals surface area contributed by atoms with E-state index in [9.17, 15) is 57.9 Å². The van der Waals surface area contributed by atoms with Gasteiger partial charge in [0.25, 0.3) is 0 Å². The van der Waals surface area contributed by atoms with E-state index < -0.39 is 78.6 Å². The number of H-pyrrole nitrogens is 1. The summed E-state index contributed by atoms with van der Waals surface area (Å²) < 4.78 is 62.6. The van der Waals surface area contributed by atoms with Crippen LogP contribution in [0.3, 0.4) is 0 Å². The maximum atomic E-state index is 13.3. The van der Waals surface area contributed by atoms with Crippen LogP contribution in [0.15, 0.2) is 43.1 Å². The number of Topliss-reactive ketones (excluding diaryl/α,β-unsaturated/α-hetero) is 1. The van der Waals surface area contributed by atoms with Crippen LogP contribution >= 0.6 is 35.2 Å². The van der Waals surface area contributed by atoms with Crippen LogP contribution in [0.2, 0.25) is 0 Å². The van der Waals surface area contributed by atoms with Crippen LogP contribution < -0.4 is 16.4 Å². The lowest BCUT2D eigenvalue weighted by atomic mass is 9.84. The summed E-state index contributed by atoms with van der Waals surface area (Å²) in [5.41, 5.74) is 6.58. The summed E-state index contributed by atoms with van der Waals surface area (Å²) in [4.78, 5) is 93.2. The van der Waals surface area contributed by atoms with Crippen molar-refractivity contribution in [2.24, 2.45) is 11.3 Å². The number of ketones is 1. The maximum absolute atomic E-state index is 13.3. The minimum atomic E-state index is -5.58. The highest BCUT2D eigenvalue weighted by Crippen LogP contribution is 2.61. The third-order valence-corrected chi connectivity index (χ3v) is 16.0. The predicted octanol–water partition coefficient (Wildman–Crippen LogP) is 2.77. The van der Waals surface area contributed by atoms with Crippen molar-refractivity contribution < 1.29 is 80.5 Å². The van der Waals surface area contributed by atoms with Gasteiger partial charge in [-0.25, -0.2) is 28.6 Å². The molecular formula is C39H57N8O17P3S. The molecule has 2 fully saturated rings. The largest absolute Gasteiger partial charge is 0.481 e. The number of aromatic nitrogens is 5. The molecule has 3 aromatic heterocycles. The van der Waals surface area contributed by atoms with E-state index in [-0.39, 0.29) is 52.8 Å². The number of phosphoric acid groups is 3. The number of aryl methyl sites for hydroxylation is 1. The van der Waals surface area contributed by atoms with E-state index in [2.05, 4.69) is 45.5 Å². The van der Waals surface area contributed by atoms with Gasteiger partial charge < -0.3 is 55.9 Å². The topological polar surface area (TPSA) is 379 Å². The standard InChI is InChI=1S/C39H57N8O17P3S/c1-39(2,20-61-67(58,59)64-66(56,57)60-19-28-33(63-65(53,54)55)32(50)38(62-28)47-22-46-31-35(40)44-21-45-36(31)47)34(51)37(52)42-15-14-30(49)41-16-17-68-29-13-6-4-10-25(29)27(48)12-7-8-23-18-43-26-11-5-3-9-24(23)26/h3,5,9,11,18,21-22,25,28-29,32-34,38,43,50-51H,4,6-8,10,12-17,19-20H2,1-2H3,(H,41,49)(H,42,52)(H,56,57)(H,58,59)(H2,40,44,45)(H2,53,54,55)/t25?,28?,29-,32?,33?,34?,38?/m1/s1. The van der Waals surface area contributed by atoms with Gasteiger partial charge in [-0.1, -0.05) is 44.9 Å². The molecule has 6 rings (SSSR count). The van der Waals surface area contributed by atoms with Gasteiger partial charge in [-0.2, -0.15) is 16.1 Å². The van der Waals surface area contributed by atoms with Gasteiger partial charge in [-0.05, 0) is 37.3 Å². The van der Waals surface area contributed by atoms with Crippen molar-refractivity contribution in [3.05, 3.63) is 48.7 Å². The molecule has 0 bridgehead atoms. The number of hydrogen-bond donors (Lipinski definition) is 10. The number of aliphatic hydroxyl groups excluding tert-OH is 2. The lowest BCUT2D eigenvalue weighted by molar-refractivity contribution is -0.137. The number of aromatic amines is 1. The third-order valence-electron chi connectivity index (χ3n) is 11.5. The van der Waals surface area contributed by atoms with E-state index in [0.717, 1.165) is 61.3 Å². The highest BCUT2D eigenvalue weighted by atomic mass is 32.2. The number of carbonyl (C=O) groups excluding carboxylic acids is 3. The Kier molecular flexibility index (Phi) is 18.2. The SMILES string of the molecule is CC(C)(COP(=O)(O)OP(=O)(O)OCC1OC(n2cnc3c(N)ncnc32)C(O)C1OP(=O)(O)O)C(O)C(=O)NCCC(=O)NCCS[C@@H]1CCCCC1C(=O)CCCc1c[nH]c2ccccc12. The normalized spacial score (nSPS) is 23.5. The van der Waals surface area contributed by atoms with Gasteiger partial charge >= 0.3 is 23.5 Å². The van der Waals surface area contributed by atoms with Crippen LogP contribution in [0.1, 0.15) is 70.6 Å². The monoisotopic (exact) mass is 1030 g/mol. The second-order valence-corrected chi connectivity index (χ2v) is 22.6. The minimum absolute atomic E-state index is 0.0237. The smallest absolute Gasteiger partial charge is 0.386 e. The van der Waals surface area contributed by atoms with Gasteiger partial charge in [0.1, 0.15) is 42.0 Å². The van der Waals surface area contributed by atoms with Gasteiger partial charge in [-0.3, -0.25) is 32.5 Å². The highest BCUT2D eigenvalue weighted by Gasteiger charge is 2.50. The van der Waals surface area contributed by atoms with Gasteiger partial charge in [0.05, 0.1) is 19.5 Å². The molecule has 9 atom stereocenters. The fourth-order valence-corrected chi connectivity index (χ4v) is 12.2. The Morgan fingerprint density at radius 2 is 1.75 bits per heavy atom. The number of ether oxygens (including phenoxy) is 1. The Bertz CT molecular complexity index is 2540. The second kappa shape index (κ2) is 23.0. The quantitative estimate of drug-likeness (QED) is 0.0337. The van der Waals surface area contributed by atoms with Crippen LogP contribution in [-0.4, -0.2) is 134 Å². The predicted molar refractivity (Wildman–Crippen MR) is 244 cm³/mol. The van der Waals surface area contributed by atoms with Gasteiger partial charge in [0, 0.05) is 65.4 Å². The molecule has 68 heavy (non-hydrogen) atoms. The van der Waals surface area contributed by atoms with Crippen LogP contribution in [0, 0.1) is 11.3 Å². The van der Waals surface area contributed by atoms with Crippen molar-refractivity contribution >= 4 is 80.7 Å². The average molecular weight is 1030 g/mol. The van der Waals surface area contributed by atoms with E-state index in [1.807, 2.05) is 24.4 Å². The Morgan fingerprint density at radius 3 is 2.51 bits per heavy atom. The zero-order valence-corrected chi connectivity index (χ0v) is 40.6. The van der Waals surface area contributed by atoms with E-state index in [1.54, 1.807) is 11.8 Å². The molecule has 8 unspecified atom stereocenters. The fourth-order valence-electron chi connectivity index (χ4n) is 7.98. The lowest BCUT2D eigenvalue weighted by Gasteiger charge is -2.30. The fraction of sp³-hybridized carbons (Fsp3) is 0.590. The molecule has 0 radical (unpaired) electrons.